The molecule has 0 aliphatic rings. The average molecular weight is 298 g/mol. The van der Waals surface area contributed by atoms with Gasteiger partial charge in [0, 0.05) is 6.04 Å². The first kappa shape index (κ1) is 12.6. The van der Waals surface area contributed by atoms with Gasteiger partial charge >= 0.3 is 0 Å². The highest BCUT2D eigenvalue weighted by atomic mass is 127. The lowest BCUT2D eigenvalue weighted by Gasteiger charge is -2.30. The molecule has 3 atom stereocenters. The van der Waals surface area contributed by atoms with E-state index in [2.05, 4.69) is 29.2 Å². The van der Waals surface area contributed by atoms with Gasteiger partial charge in [-0.25, -0.2) is 0 Å². The lowest BCUT2D eigenvalue weighted by atomic mass is 9.98. The number of alkyl halides is 2. The Morgan fingerprint density at radius 2 is 2.33 bits per heavy atom. The highest BCUT2D eigenvalue weighted by Gasteiger charge is 2.15. The first-order valence-electron chi connectivity index (χ1n) is 3.68. The van der Waals surface area contributed by atoms with Gasteiger partial charge < -0.3 is 4.90 Å². The fourth-order valence-electron chi connectivity index (χ4n) is 0.971. The van der Waals surface area contributed by atoms with Gasteiger partial charge in [0.25, 0.3) is 0 Å². The maximum absolute atomic E-state index is 5.71. The van der Waals surface area contributed by atoms with Gasteiger partial charge in [-0.15, -0.1) is 0 Å². The molecule has 2 radical (unpaired) electrons. The normalized spacial score (nSPS) is 18.0. The van der Waals surface area contributed by atoms with Crippen LogP contribution in [0.3, 0.4) is 0 Å². The molecule has 0 aromatic heterocycles. The second kappa shape index (κ2) is 6.10. The van der Waals surface area contributed by atoms with Crippen molar-refractivity contribution in [3.63, 3.8) is 0 Å². The number of rotatable bonds is 5. The third-order valence-corrected chi connectivity index (χ3v) is 2.30. The second-order valence-electron chi connectivity index (χ2n) is 2.60. The molecule has 1 unspecified atom stereocenters. The molecule has 0 aromatic carbocycles. The molecule has 0 saturated carbocycles. The highest BCUT2D eigenvalue weighted by Crippen LogP contribution is 2.13. The van der Waals surface area contributed by atoms with E-state index in [0.29, 0.717) is 0 Å². The van der Waals surface area contributed by atoms with Gasteiger partial charge in [-0.3, -0.25) is 5.73 Å². The summed E-state index contributed by atoms with van der Waals surface area (Å²) >= 11 is 7.88. The van der Waals surface area contributed by atoms with Crippen LogP contribution in [-0.4, -0.2) is 28.2 Å². The van der Waals surface area contributed by atoms with Crippen molar-refractivity contribution >= 4 is 42.0 Å². The molecule has 0 aliphatic carbocycles. The largest absolute Gasteiger partial charge is 0.348 e. The van der Waals surface area contributed by atoms with Crippen LogP contribution in [0.25, 0.3) is 0 Å². The van der Waals surface area contributed by atoms with E-state index < -0.39 is 5.62 Å². The van der Waals surface area contributed by atoms with Gasteiger partial charge in [0.1, 0.15) is 0 Å². The predicted molar refractivity (Wildman–Crippen MR) is 63.5 cm³/mol. The van der Waals surface area contributed by atoms with Crippen molar-refractivity contribution in [2.45, 2.75) is 28.8 Å². The van der Waals surface area contributed by atoms with Gasteiger partial charge in [-0.2, -0.15) is 0 Å². The van der Waals surface area contributed by atoms with E-state index in [0.717, 1.165) is 6.42 Å². The molecule has 0 saturated heterocycles. The van der Waals surface area contributed by atoms with E-state index in [1.807, 2.05) is 6.92 Å². The molecule has 5 heteroatoms. The molecule has 68 valence electrons. The van der Waals surface area contributed by atoms with Crippen LogP contribution in [0.5, 0.6) is 0 Å². The van der Waals surface area contributed by atoms with Crippen molar-refractivity contribution in [1.82, 2.24) is 4.90 Å². The molecule has 0 aliphatic heterocycles. The number of halogens is 2. The summed E-state index contributed by atoms with van der Waals surface area (Å²) in [6.45, 7) is 5.65. The molecule has 0 rings (SSSR count). The summed E-state index contributed by atoms with van der Waals surface area (Å²) in [5, 5.41) is 0. The second-order valence-corrected chi connectivity index (χ2v) is 4.65. The first-order valence-corrected chi connectivity index (χ1v) is 5.36. The number of nitrogens with two attached hydrogens (primary N) is 1. The summed E-state index contributed by atoms with van der Waals surface area (Å²) in [5.74, 6) is 0. The maximum atomic E-state index is 5.71. The van der Waals surface area contributed by atoms with Crippen molar-refractivity contribution in [3.05, 3.63) is 12.8 Å². The van der Waals surface area contributed by atoms with E-state index in [-0.39, 0.29) is 9.87 Å². The Morgan fingerprint density at radius 1 is 1.83 bits per heavy atom. The van der Waals surface area contributed by atoms with Gasteiger partial charge in [0.2, 0.25) is 0 Å². The summed E-state index contributed by atoms with van der Waals surface area (Å²) in [6, 6.07) is 0.224. The van der Waals surface area contributed by atoms with Crippen LogP contribution < -0.4 is 5.73 Å². The minimum absolute atomic E-state index is 0.121. The molecule has 2 N–H and O–H groups in total. The summed E-state index contributed by atoms with van der Waals surface area (Å²) in [7, 11) is 5.63. The fourth-order valence-corrected chi connectivity index (χ4v) is 1.98. The zero-order valence-corrected chi connectivity index (χ0v) is 9.99. The van der Waals surface area contributed by atoms with Gasteiger partial charge in [-0.1, -0.05) is 40.8 Å². The Balaban J connectivity index is 4.02. The molecule has 12 heavy (non-hydrogen) atoms. The van der Waals surface area contributed by atoms with Gasteiger partial charge in [0.05, 0.1) is 7.85 Å². The molecular formula is C7H13BClIN2. The monoisotopic (exact) mass is 298 g/mol. The minimum Gasteiger partial charge on any atom is -0.348 e. The Hall–Kier alpha value is 0.585. The Morgan fingerprint density at radius 3 is 2.58 bits per heavy atom. The third-order valence-electron chi connectivity index (χ3n) is 1.57. The predicted octanol–water partition coefficient (Wildman–Crippen LogP) is 1.62. The molecule has 0 amide bonds. The topological polar surface area (TPSA) is 29.3 Å². The first-order chi connectivity index (χ1) is 5.49. The van der Waals surface area contributed by atoms with E-state index in [9.17, 15) is 0 Å². The molecule has 0 heterocycles. The summed E-state index contributed by atoms with van der Waals surface area (Å²) in [5.41, 5.74) is 4.98. The lowest BCUT2D eigenvalue weighted by Crippen LogP contribution is -2.40. The smallest absolute Gasteiger partial charge is 0.154 e. The van der Waals surface area contributed by atoms with Crippen molar-refractivity contribution in [2.75, 3.05) is 0 Å². The summed E-state index contributed by atoms with van der Waals surface area (Å²) in [6.07, 6.45) is 2.48. The highest BCUT2D eigenvalue weighted by molar-refractivity contribution is 14.1. The van der Waals surface area contributed by atoms with Gasteiger partial charge in [-0.05, 0) is 23.4 Å². The van der Waals surface area contributed by atoms with Crippen LogP contribution in [0.4, 0.5) is 0 Å². The quantitative estimate of drug-likeness (QED) is 0.275. The number of nitrogens with zero attached hydrogens (tertiary/aromatic N) is 1. The minimum atomic E-state index is -0.521. The van der Waals surface area contributed by atoms with E-state index in [1.54, 1.807) is 11.1 Å². The standard InChI is InChI=1S/C7H13BClIN2/c1-3-12(7(9)11)5(2)4-6(8)10/h3,5-7H,1,4,11H2,2H3/t5-,6?,7-/m1/s1. The van der Waals surface area contributed by atoms with Crippen LogP contribution >= 0.6 is 34.2 Å². The molecule has 2 nitrogen and oxygen atoms in total. The zero-order chi connectivity index (χ0) is 9.72. The van der Waals surface area contributed by atoms with Gasteiger partial charge in [0.15, 0.2) is 5.62 Å². The third kappa shape index (κ3) is 4.57. The fraction of sp³-hybridized carbons (Fsp3) is 0.714. The Kier molecular flexibility index (Phi) is 6.40. The Bertz CT molecular complexity index is 143. The van der Waals surface area contributed by atoms with Crippen molar-refractivity contribution in [1.29, 1.82) is 0 Å². The zero-order valence-electron chi connectivity index (χ0n) is 7.08. The Labute approximate surface area is 94.1 Å². The van der Waals surface area contributed by atoms with Crippen molar-refractivity contribution in [2.24, 2.45) is 5.73 Å². The van der Waals surface area contributed by atoms with Crippen molar-refractivity contribution < 1.29 is 0 Å². The molecule has 0 bridgehead atoms. The van der Waals surface area contributed by atoms with Crippen LogP contribution in [0, 0.1) is 0 Å². The molecule has 0 spiro atoms. The summed E-state index contributed by atoms with van der Waals surface area (Å²) < 4.78 is 0.121. The van der Waals surface area contributed by atoms with Crippen LogP contribution in [0.1, 0.15) is 13.3 Å². The van der Waals surface area contributed by atoms with E-state index in [1.165, 1.54) is 0 Å². The van der Waals surface area contributed by atoms with E-state index >= 15 is 0 Å². The number of hydrogen-bond acceptors (Lipinski definition) is 2. The average Bonchev–Trinajstić information content (AvgIpc) is 1.85. The van der Waals surface area contributed by atoms with Crippen LogP contribution in [0.2, 0.25) is 0 Å². The van der Waals surface area contributed by atoms with Crippen LogP contribution in [-0.2, 0) is 0 Å². The molecule has 0 fully saturated rings. The van der Waals surface area contributed by atoms with E-state index in [4.69, 9.17) is 25.2 Å². The van der Waals surface area contributed by atoms with Crippen molar-refractivity contribution in [3.8, 4) is 0 Å². The SMILES string of the molecule is [B]C(I)C[C@@H](C)N(C=C)[C@@H](N)Cl. The molecular weight excluding hydrogens is 285 g/mol. The lowest BCUT2D eigenvalue weighted by molar-refractivity contribution is 0.269. The maximum Gasteiger partial charge on any atom is 0.154 e. The summed E-state index contributed by atoms with van der Waals surface area (Å²) in [4.78, 5) is 1.78. The number of hydrogen-bond donors (Lipinski definition) is 1. The molecule has 0 aromatic rings. The van der Waals surface area contributed by atoms with Crippen LogP contribution in [0.15, 0.2) is 12.8 Å².